The van der Waals surface area contributed by atoms with Crippen LogP contribution >= 0.6 is 35.0 Å². The monoisotopic (exact) mass is 569 g/mol. The zero-order valence-electron chi connectivity index (χ0n) is 19.5. The van der Waals surface area contributed by atoms with Gasteiger partial charge in [-0.3, -0.25) is 4.79 Å². The number of benzene rings is 1. The van der Waals surface area contributed by atoms with Gasteiger partial charge in [0.25, 0.3) is 5.91 Å². The third-order valence-electron chi connectivity index (χ3n) is 5.65. The predicted molar refractivity (Wildman–Crippen MR) is 138 cm³/mol. The Labute approximate surface area is 225 Å². The van der Waals surface area contributed by atoms with Crippen LogP contribution in [-0.2, 0) is 11.2 Å². The second-order valence-electron chi connectivity index (χ2n) is 8.58. The zero-order chi connectivity index (χ0) is 27.0. The number of halogens is 5. The maximum atomic E-state index is 13.2. The van der Waals surface area contributed by atoms with E-state index in [4.69, 9.17) is 23.2 Å². The summed E-state index contributed by atoms with van der Waals surface area (Å²) in [7, 11) is 0. The maximum absolute atomic E-state index is 13.2. The van der Waals surface area contributed by atoms with Crippen LogP contribution in [0.15, 0.2) is 59.8 Å². The number of nitrogens with one attached hydrogen (secondary N) is 1. The minimum atomic E-state index is -4.43. The summed E-state index contributed by atoms with van der Waals surface area (Å²) in [5, 5.41) is 3.74. The molecule has 1 N–H and O–H groups in total. The van der Waals surface area contributed by atoms with E-state index >= 15 is 0 Å². The number of carbonyl (C=O) groups is 2. The second-order valence-corrected chi connectivity index (χ2v) is 10.6. The lowest BCUT2D eigenvalue weighted by molar-refractivity contribution is -0.123. The normalized spacial score (nSPS) is 15.4. The molecule has 37 heavy (non-hydrogen) atoms. The van der Waals surface area contributed by atoms with Gasteiger partial charge in [0.05, 0.1) is 15.7 Å². The number of alkyl halides is 3. The van der Waals surface area contributed by atoms with Crippen LogP contribution in [0.5, 0.6) is 0 Å². The Morgan fingerprint density at radius 3 is 2.41 bits per heavy atom. The number of aromatic nitrogens is 2. The molecular weight excluding hydrogens is 550 g/mol. The van der Waals surface area contributed by atoms with Gasteiger partial charge in [-0.15, -0.1) is 0 Å². The number of amides is 3. The van der Waals surface area contributed by atoms with Crippen molar-refractivity contribution in [2.75, 3.05) is 16.8 Å². The number of carbonyl (C=O) groups excluding carboxylic acids is 2. The van der Waals surface area contributed by atoms with Crippen molar-refractivity contribution in [1.29, 1.82) is 0 Å². The number of urea groups is 1. The lowest BCUT2D eigenvalue weighted by Gasteiger charge is -2.27. The first-order chi connectivity index (χ1) is 17.3. The van der Waals surface area contributed by atoms with Crippen LogP contribution in [0.4, 0.5) is 35.3 Å². The predicted octanol–water partition coefficient (Wildman–Crippen LogP) is 6.93. The quantitative estimate of drug-likeness (QED) is 0.245. The Balaban J connectivity index is 1.47. The van der Waals surface area contributed by atoms with Gasteiger partial charge in [-0.1, -0.05) is 23.2 Å². The maximum Gasteiger partial charge on any atom is 0.446 e. The van der Waals surface area contributed by atoms with Gasteiger partial charge in [-0.25, -0.2) is 19.7 Å². The molecule has 1 aromatic carbocycles. The molecule has 0 atom stereocenters. The summed E-state index contributed by atoms with van der Waals surface area (Å²) in [5.74, 6) is 0.400. The molecule has 3 heterocycles. The minimum Gasteiger partial charge on any atom is -0.324 e. The van der Waals surface area contributed by atoms with Gasteiger partial charge in [0, 0.05) is 23.8 Å². The van der Waals surface area contributed by atoms with E-state index in [9.17, 15) is 22.8 Å². The summed E-state index contributed by atoms with van der Waals surface area (Å²) in [4.78, 5) is 37.1. The van der Waals surface area contributed by atoms with E-state index in [0.717, 1.165) is 10.5 Å². The van der Waals surface area contributed by atoms with Crippen LogP contribution in [0.3, 0.4) is 0 Å². The highest BCUT2D eigenvalue weighted by Gasteiger charge is 2.51. The molecule has 2 aromatic heterocycles. The number of anilines is 3. The van der Waals surface area contributed by atoms with Crippen molar-refractivity contribution in [1.82, 2.24) is 14.9 Å². The number of imide groups is 1. The number of hydrogen-bond acceptors (Lipinski definition) is 6. The molecule has 1 aliphatic heterocycles. The van der Waals surface area contributed by atoms with Crippen molar-refractivity contribution >= 4 is 64.2 Å². The molecule has 3 amide bonds. The molecule has 0 aliphatic carbocycles. The van der Waals surface area contributed by atoms with E-state index in [1.165, 1.54) is 35.4 Å². The molecule has 13 heteroatoms. The van der Waals surface area contributed by atoms with Crippen molar-refractivity contribution < 1.29 is 22.8 Å². The summed E-state index contributed by atoms with van der Waals surface area (Å²) in [6.07, 6.45) is 3.46. The molecule has 7 nitrogen and oxygen atoms in total. The Kier molecular flexibility index (Phi) is 7.59. The average molecular weight is 570 g/mol. The van der Waals surface area contributed by atoms with E-state index in [1.54, 1.807) is 38.2 Å². The van der Waals surface area contributed by atoms with Gasteiger partial charge >= 0.3 is 11.5 Å². The van der Waals surface area contributed by atoms with Gasteiger partial charge in [0.2, 0.25) is 0 Å². The van der Waals surface area contributed by atoms with E-state index in [1.807, 2.05) is 0 Å². The molecule has 1 saturated heterocycles. The largest absolute Gasteiger partial charge is 0.446 e. The molecule has 0 spiro atoms. The fourth-order valence-corrected chi connectivity index (χ4v) is 4.77. The molecule has 3 aromatic rings. The fourth-order valence-electron chi connectivity index (χ4n) is 3.80. The van der Waals surface area contributed by atoms with Crippen LogP contribution in [0.25, 0.3) is 0 Å². The van der Waals surface area contributed by atoms with E-state index in [2.05, 4.69) is 15.3 Å². The van der Waals surface area contributed by atoms with Crippen LogP contribution < -0.4 is 10.2 Å². The van der Waals surface area contributed by atoms with Gasteiger partial charge < -0.3 is 10.2 Å². The highest BCUT2D eigenvalue weighted by molar-refractivity contribution is 8.00. The molecule has 1 fully saturated rings. The van der Waals surface area contributed by atoms with E-state index < -0.39 is 23.0 Å². The summed E-state index contributed by atoms with van der Waals surface area (Å²) in [6, 6.07) is 9.70. The second kappa shape index (κ2) is 10.4. The van der Waals surface area contributed by atoms with Crippen LogP contribution in [0, 0.1) is 0 Å². The highest BCUT2D eigenvalue weighted by Crippen LogP contribution is 2.38. The van der Waals surface area contributed by atoms with Crippen LogP contribution in [0.2, 0.25) is 10.0 Å². The first-order valence-electron chi connectivity index (χ1n) is 10.9. The number of hydrogen-bond donors (Lipinski definition) is 1. The van der Waals surface area contributed by atoms with E-state index in [0.29, 0.717) is 28.1 Å². The molecule has 0 saturated carbocycles. The van der Waals surface area contributed by atoms with Crippen molar-refractivity contribution in [3.05, 3.63) is 70.5 Å². The lowest BCUT2D eigenvalue weighted by atomic mass is 10.0. The Morgan fingerprint density at radius 1 is 1.05 bits per heavy atom. The molecule has 1 aliphatic rings. The van der Waals surface area contributed by atoms with Crippen molar-refractivity contribution in [3.8, 4) is 0 Å². The van der Waals surface area contributed by atoms with Gasteiger partial charge in [0.15, 0.2) is 0 Å². The zero-order valence-corrected chi connectivity index (χ0v) is 21.8. The number of pyridine rings is 2. The first kappa shape index (κ1) is 27.0. The first-order valence-corrected chi connectivity index (χ1v) is 12.5. The average Bonchev–Trinajstić information content (AvgIpc) is 2.98. The summed E-state index contributed by atoms with van der Waals surface area (Å²) < 4.78 is 37.9. The number of thioether (sulfide) groups is 1. The standard InChI is InChI=1S/C24H20Cl2F3N5O2S/c1-23(2)21(35)34(16-3-5-17(6-4-16)37-24(27,28)29)22(36)33(23)10-8-14-7-9-30-19(11-14)32-20-18(26)12-15(25)13-31-20/h3-7,9,11-13H,8,10H2,1-2H3,(H,30,31,32). The topological polar surface area (TPSA) is 78.4 Å². The Hall–Kier alpha value is -3.02. The molecule has 4 rings (SSSR count). The van der Waals surface area contributed by atoms with Crippen molar-refractivity contribution in [3.63, 3.8) is 0 Å². The van der Waals surface area contributed by atoms with Crippen molar-refractivity contribution in [2.45, 2.75) is 36.2 Å². The van der Waals surface area contributed by atoms with Crippen molar-refractivity contribution in [2.24, 2.45) is 0 Å². The molecule has 0 unspecified atom stereocenters. The smallest absolute Gasteiger partial charge is 0.324 e. The number of nitrogens with zero attached hydrogens (tertiary/aromatic N) is 4. The summed E-state index contributed by atoms with van der Waals surface area (Å²) >= 11 is 11.8. The third-order valence-corrected chi connectivity index (χ3v) is 6.89. The lowest BCUT2D eigenvalue weighted by Crippen LogP contribution is -2.45. The Morgan fingerprint density at radius 2 is 1.76 bits per heavy atom. The summed E-state index contributed by atoms with van der Waals surface area (Å²) in [5.41, 5.74) is -4.53. The van der Waals surface area contributed by atoms with Gasteiger partial charge in [-0.2, -0.15) is 13.2 Å². The Bertz CT molecular complexity index is 1340. The van der Waals surface area contributed by atoms with E-state index in [-0.39, 0.29) is 28.9 Å². The SMILES string of the molecule is CC1(C)C(=O)N(c2ccc(SC(F)(F)F)cc2)C(=O)N1CCc1ccnc(Nc2ncc(Cl)cc2Cl)c1. The fraction of sp³-hybridized carbons (Fsp3) is 0.250. The van der Waals surface area contributed by atoms with Gasteiger partial charge in [-0.05, 0) is 80.1 Å². The highest BCUT2D eigenvalue weighted by atomic mass is 35.5. The molecule has 0 bridgehead atoms. The molecule has 194 valence electrons. The summed E-state index contributed by atoms with van der Waals surface area (Å²) in [6.45, 7) is 3.49. The number of rotatable bonds is 7. The van der Waals surface area contributed by atoms with Gasteiger partial charge in [0.1, 0.15) is 17.2 Å². The molecular formula is C24H20Cl2F3N5O2S. The molecule has 0 radical (unpaired) electrons. The minimum absolute atomic E-state index is 0.0383. The third kappa shape index (κ3) is 6.11. The van der Waals surface area contributed by atoms with Crippen LogP contribution in [-0.4, -0.2) is 44.4 Å². The van der Waals surface area contributed by atoms with Crippen LogP contribution in [0.1, 0.15) is 19.4 Å².